The number of rotatable bonds is 5. The number of Topliss-reactive ketones (excluding diaryl/α,β-unsaturated/α-hetero) is 1. The second-order valence-corrected chi connectivity index (χ2v) is 7.15. The lowest BCUT2D eigenvalue weighted by atomic mass is 9.82. The van der Waals surface area contributed by atoms with E-state index in [-0.39, 0.29) is 17.2 Å². The summed E-state index contributed by atoms with van der Waals surface area (Å²) in [5, 5.41) is 10.3. The van der Waals surface area contributed by atoms with Gasteiger partial charge in [-0.15, -0.1) is 0 Å². The third kappa shape index (κ3) is 3.35. The maximum absolute atomic E-state index is 13.3. The zero-order valence-corrected chi connectivity index (χ0v) is 14.6. The number of carbonyl (C=O) groups excluding carboxylic acids is 2. The van der Waals surface area contributed by atoms with Gasteiger partial charge in [-0.1, -0.05) is 46.2 Å². The first kappa shape index (κ1) is 18.2. The molecule has 5 heteroatoms. The van der Waals surface area contributed by atoms with Crippen molar-refractivity contribution in [2.45, 2.75) is 46.6 Å². The first-order valence-corrected chi connectivity index (χ1v) is 8.22. The highest BCUT2D eigenvalue weighted by atomic mass is 19.1. The van der Waals surface area contributed by atoms with Crippen molar-refractivity contribution in [3.63, 3.8) is 0 Å². The number of hydrogen-bond acceptors (Lipinski definition) is 3. The number of halogens is 1. The summed E-state index contributed by atoms with van der Waals surface area (Å²) in [6.07, 6.45) is 1.64. The van der Waals surface area contributed by atoms with E-state index in [1.807, 2.05) is 6.92 Å². The van der Waals surface area contributed by atoms with Gasteiger partial charge in [0.25, 0.3) is 5.91 Å². The second-order valence-electron chi connectivity index (χ2n) is 7.15. The van der Waals surface area contributed by atoms with Gasteiger partial charge in [-0.25, -0.2) is 4.39 Å². The summed E-state index contributed by atoms with van der Waals surface area (Å²) >= 11 is 0. The Morgan fingerprint density at radius 3 is 2.33 bits per heavy atom. The van der Waals surface area contributed by atoms with E-state index in [1.165, 1.54) is 17.0 Å². The van der Waals surface area contributed by atoms with Gasteiger partial charge in [-0.3, -0.25) is 9.59 Å². The van der Waals surface area contributed by atoms with Crippen LogP contribution in [0.25, 0.3) is 0 Å². The summed E-state index contributed by atoms with van der Waals surface area (Å²) in [6.45, 7) is 7.67. The minimum Gasteiger partial charge on any atom is -0.503 e. The largest absolute Gasteiger partial charge is 0.503 e. The molecule has 24 heavy (non-hydrogen) atoms. The quantitative estimate of drug-likeness (QED) is 0.888. The number of aliphatic hydroxyl groups excluding tert-OH is 1. The molecule has 1 unspecified atom stereocenters. The Balaban J connectivity index is 2.53. The van der Waals surface area contributed by atoms with Crippen LogP contribution in [0, 0.1) is 11.2 Å². The van der Waals surface area contributed by atoms with Crippen LogP contribution < -0.4 is 0 Å². The van der Waals surface area contributed by atoms with Gasteiger partial charge in [0.15, 0.2) is 11.5 Å². The Labute approximate surface area is 142 Å². The van der Waals surface area contributed by atoms with Crippen LogP contribution in [0.1, 0.15) is 52.1 Å². The molecule has 1 heterocycles. The summed E-state index contributed by atoms with van der Waals surface area (Å²) < 4.78 is 13.3. The molecule has 1 aliphatic heterocycles. The molecule has 1 N–H and O–H groups in total. The number of benzene rings is 1. The van der Waals surface area contributed by atoms with Crippen molar-refractivity contribution in [2.24, 2.45) is 5.41 Å². The molecule has 0 spiro atoms. The van der Waals surface area contributed by atoms with Crippen LogP contribution in [-0.4, -0.2) is 28.2 Å². The standard InChI is InChI=1S/C19H24FNO3/c1-5-6-11-21-15(12-7-9-13(20)10-8-12)14(16(22)18(21)24)17(23)19(2,3)4/h7-10,15,22H,5-6,11H2,1-4H3. The van der Waals surface area contributed by atoms with E-state index in [0.717, 1.165) is 12.8 Å². The SMILES string of the molecule is CCCCN1C(=O)C(O)=C(C(=O)C(C)(C)C)C1c1ccc(F)cc1. The third-order valence-electron chi connectivity index (χ3n) is 4.17. The van der Waals surface area contributed by atoms with Crippen molar-refractivity contribution in [1.82, 2.24) is 4.90 Å². The number of hydrogen-bond donors (Lipinski definition) is 1. The fourth-order valence-corrected chi connectivity index (χ4v) is 2.84. The minimum atomic E-state index is -0.733. The smallest absolute Gasteiger partial charge is 0.290 e. The lowest BCUT2D eigenvalue weighted by molar-refractivity contribution is -0.129. The van der Waals surface area contributed by atoms with E-state index >= 15 is 0 Å². The average Bonchev–Trinajstić information content (AvgIpc) is 2.76. The highest BCUT2D eigenvalue weighted by Crippen LogP contribution is 2.40. The Morgan fingerprint density at radius 1 is 1.25 bits per heavy atom. The van der Waals surface area contributed by atoms with Crippen LogP contribution in [0.3, 0.4) is 0 Å². The Morgan fingerprint density at radius 2 is 1.83 bits per heavy atom. The molecule has 1 aliphatic rings. The number of ketones is 1. The number of unbranched alkanes of at least 4 members (excludes halogenated alkanes) is 1. The second kappa shape index (κ2) is 6.75. The van der Waals surface area contributed by atoms with Gasteiger partial charge in [-0.2, -0.15) is 0 Å². The fraction of sp³-hybridized carbons (Fsp3) is 0.474. The third-order valence-corrected chi connectivity index (χ3v) is 4.17. The molecule has 0 radical (unpaired) electrons. The minimum absolute atomic E-state index is 0.107. The zero-order valence-electron chi connectivity index (χ0n) is 14.6. The molecule has 1 aromatic rings. The van der Waals surface area contributed by atoms with Crippen molar-refractivity contribution >= 4 is 11.7 Å². The lowest BCUT2D eigenvalue weighted by Crippen LogP contribution is -2.33. The van der Waals surface area contributed by atoms with E-state index in [0.29, 0.717) is 12.1 Å². The lowest BCUT2D eigenvalue weighted by Gasteiger charge is -2.28. The maximum atomic E-state index is 13.3. The number of aliphatic hydroxyl groups is 1. The molecule has 4 nitrogen and oxygen atoms in total. The first-order chi connectivity index (χ1) is 11.2. The molecule has 0 fully saturated rings. The molecule has 0 saturated heterocycles. The molecule has 0 bridgehead atoms. The van der Waals surface area contributed by atoms with Gasteiger partial charge in [-0.05, 0) is 24.1 Å². The van der Waals surface area contributed by atoms with Gasteiger partial charge >= 0.3 is 0 Å². The van der Waals surface area contributed by atoms with Gasteiger partial charge < -0.3 is 10.0 Å². The number of nitrogens with zero attached hydrogens (tertiary/aromatic N) is 1. The van der Waals surface area contributed by atoms with Crippen LogP contribution in [-0.2, 0) is 9.59 Å². The van der Waals surface area contributed by atoms with Crippen LogP contribution in [0.5, 0.6) is 0 Å². The van der Waals surface area contributed by atoms with Crippen molar-refractivity contribution in [2.75, 3.05) is 6.54 Å². The molecule has 1 atom stereocenters. The highest BCUT2D eigenvalue weighted by Gasteiger charge is 2.45. The predicted molar refractivity (Wildman–Crippen MR) is 89.9 cm³/mol. The molecule has 1 aromatic carbocycles. The molecule has 2 rings (SSSR count). The Hall–Kier alpha value is -2.17. The van der Waals surface area contributed by atoms with E-state index in [2.05, 4.69) is 0 Å². The zero-order chi connectivity index (χ0) is 18.1. The number of carbonyl (C=O) groups is 2. The first-order valence-electron chi connectivity index (χ1n) is 8.22. The summed E-state index contributed by atoms with van der Waals surface area (Å²) in [7, 11) is 0. The van der Waals surface area contributed by atoms with Crippen molar-refractivity contribution < 1.29 is 19.1 Å². The van der Waals surface area contributed by atoms with Crippen molar-refractivity contribution in [3.05, 3.63) is 47.0 Å². The summed E-state index contributed by atoms with van der Waals surface area (Å²) in [5.74, 6) is -1.69. The molecule has 130 valence electrons. The predicted octanol–water partition coefficient (Wildman–Crippen LogP) is 3.94. The average molecular weight is 333 g/mol. The van der Waals surface area contributed by atoms with Gasteiger partial charge in [0.05, 0.1) is 11.6 Å². The van der Waals surface area contributed by atoms with Crippen LogP contribution >= 0.6 is 0 Å². The number of amides is 1. The molecular weight excluding hydrogens is 309 g/mol. The molecular formula is C19H24FNO3. The van der Waals surface area contributed by atoms with Gasteiger partial charge in [0.2, 0.25) is 0 Å². The normalized spacial score (nSPS) is 18.5. The van der Waals surface area contributed by atoms with Crippen LogP contribution in [0.2, 0.25) is 0 Å². The van der Waals surface area contributed by atoms with Crippen molar-refractivity contribution in [3.8, 4) is 0 Å². The Bertz CT molecular complexity index is 671. The van der Waals surface area contributed by atoms with E-state index < -0.39 is 23.1 Å². The fourth-order valence-electron chi connectivity index (χ4n) is 2.84. The molecule has 0 saturated carbocycles. The highest BCUT2D eigenvalue weighted by molar-refractivity contribution is 6.10. The Kier molecular flexibility index (Phi) is 5.11. The monoisotopic (exact) mass is 333 g/mol. The van der Waals surface area contributed by atoms with Crippen LogP contribution in [0.15, 0.2) is 35.6 Å². The topological polar surface area (TPSA) is 57.6 Å². The van der Waals surface area contributed by atoms with Crippen molar-refractivity contribution in [1.29, 1.82) is 0 Å². The summed E-state index contributed by atoms with van der Waals surface area (Å²) in [6, 6.07) is 5.04. The molecule has 0 aromatic heterocycles. The molecule has 0 aliphatic carbocycles. The van der Waals surface area contributed by atoms with Crippen LogP contribution in [0.4, 0.5) is 4.39 Å². The van der Waals surface area contributed by atoms with Gasteiger partial charge in [0.1, 0.15) is 5.82 Å². The summed E-state index contributed by atoms with van der Waals surface area (Å²) in [5.41, 5.74) is -0.00413. The van der Waals surface area contributed by atoms with Gasteiger partial charge in [0, 0.05) is 12.0 Å². The van der Waals surface area contributed by atoms with E-state index in [4.69, 9.17) is 0 Å². The van der Waals surface area contributed by atoms with E-state index in [1.54, 1.807) is 32.9 Å². The maximum Gasteiger partial charge on any atom is 0.290 e. The molecule has 1 amide bonds. The summed E-state index contributed by atoms with van der Waals surface area (Å²) in [4.78, 5) is 26.8. The van der Waals surface area contributed by atoms with E-state index in [9.17, 15) is 19.1 Å².